The molecule has 2 heterocycles. The van der Waals surface area contributed by atoms with Crippen molar-refractivity contribution in [2.24, 2.45) is 0 Å². The first kappa shape index (κ1) is 27.9. The van der Waals surface area contributed by atoms with Crippen molar-refractivity contribution >= 4 is 40.4 Å². The predicted molar refractivity (Wildman–Crippen MR) is 162 cm³/mol. The maximum absolute atomic E-state index is 13.8. The van der Waals surface area contributed by atoms with E-state index in [-0.39, 0.29) is 17.7 Å². The Morgan fingerprint density at radius 1 is 0.902 bits per heavy atom. The van der Waals surface area contributed by atoms with Crippen molar-refractivity contribution in [1.29, 1.82) is 0 Å². The molecule has 1 saturated heterocycles. The summed E-state index contributed by atoms with van der Waals surface area (Å²) in [6.45, 7) is 2.65. The molecule has 1 aromatic heterocycles. The Hall–Kier alpha value is -4.63. The lowest BCUT2D eigenvalue weighted by Gasteiger charge is -2.37. The van der Waals surface area contributed by atoms with Crippen molar-refractivity contribution in [1.82, 2.24) is 9.80 Å². The van der Waals surface area contributed by atoms with Gasteiger partial charge in [-0.15, -0.1) is 11.3 Å². The molecule has 0 spiro atoms. The number of carbonyl (C=O) groups excluding carboxylic acids is 3. The Kier molecular flexibility index (Phi) is 8.64. The van der Waals surface area contributed by atoms with E-state index < -0.39 is 0 Å². The highest BCUT2D eigenvalue weighted by atomic mass is 32.1. The second kappa shape index (κ2) is 12.7. The first-order valence-electron chi connectivity index (χ1n) is 13.4. The summed E-state index contributed by atoms with van der Waals surface area (Å²) in [5, 5.41) is 4.78. The van der Waals surface area contributed by atoms with Gasteiger partial charge in [0, 0.05) is 56.7 Å². The number of hydrogen-bond donors (Lipinski definition) is 1. The van der Waals surface area contributed by atoms with Crippen LogP contribution in [0.5, 0.6) is 5.75 Å². The number of nitrogens with zero attached hydrogens (tertiary/aromatic N) is 3. The molecule has 1 N–H and O–H groups in total. The molecule has 9 heteroatoms. The highest BCUT2D eigenvalue weighted by Gasteiger charge is 2.26. The zero-order valence-electron chi connectivity index (χ0n) is 23.1. The number of piperazine rings is 1. The number of amides is 3. The molecule has 3 aromatic carbocycles. The van der Waals surface area contributed by atoms with Gasteiger partial charge in [0.1, 0.15) is 5.75 Å². The Morgan fingerprint density at radius 2 is 1.63 bits per heavy atom. The molecule has 0 saturated carbocycles. The first-order chi connectivity index (χ1) is 19.9. The van der Waals surface area contributed by atoms with E-state index in [1.54, 1.807) is 55.5 Å². The largest absolute Gasteiger partial charge is 0.497 e. The fourth-order valence-corrected chi connectivity index (χ4v) is 5.48. The lowest BCUT2D eigenvalue weighted by Crippen LogP contribution is -2.49. The minimum absolute atomic E-state index is 0.0298. The monoisotopic (exact) mass is 568 g/mol. The summed E-state index contributed by atoms with van der Waals surface area (Å²) in [6.07, 6.45) is 0. The number of ether oxygens (including phenoxy) is 1. The molecule has 0 bridgehead atoms. The van der Waals surface area contributed by atoms with Crippen LogP contribution in [0.15, 0.2) is 90.3 Å². The average Bonchev–Trinajstić information content (AvgIpc) is 3.57. The molecule has 1 aliphatic heterocycles. The highest BCUT2D eigenvalue weighted by molar-refractivity contribution is 7.12. The van der Waals surface area contributed by atoms with Gasteiger partial charge in [-0.05, 0) is 59.5 Å². The summed E-state index contributed by atoms with van der Waals surface area (Å²) in [5.41, 5.74) is 3.47. The summed E-state index contributed by atoms with van der Waals surface area (Å²) in [7, 11) is 3.38. The maximum Gasteiger partial charge on any atom is 0.265 e. The number of anilines is 2. The van der Waals surface area contributed by atoms with Crippen molar-refractivity contribution in [3.8, 4) is 5.75 Å². The molecule has 8 nitrogen and oxygen atoms in total. The van der Waals surface area contributed by atoms with Gasteiger partial charge in [0.05, 0.1) is 17.6 Å². The zero-order valence-corrected chi connectivity index (χ0v) is 23.9. The van der Waals surface area contributed by atoms with Crippen LogP contribution in [0.3, 0.4) is 0 Å². The van der Waals surface area contributed by atoms with E-state index in [0.29, 0.717) is 60.2 Å². The van der Waals surface area contributed by atoms with E-state index in [1.165, 1.54) is 11.3 Å². The number of nitrogens with one attached hydrogen (secondary N) is 1. The summed E-state index contributed by atoms with van der Waals surface area (Å²) in [6, 6.07) is 26.0. The number of benzene rings is 3. The van der Waals surface area contributed by atoms with Gasteiger partial charge in [-0.3, -0.25) is 14.4 Å². The lowest BCUT2D eigenvalue weighted by molar-refractivity contribution is 0.0742. The van der Waals surface area contributed by atoms with Crippen LogP contribution >= 0.6 is 11.3 Å². The molecular formula is C32H32N4O4S. The fraction of sp³-hybridized carbons (Fsp3) is 0.219. The summed E-state index contributed by atoms with van der Waals surface area (Å²) in [4.78, 5) is 45.9. The van der Waals surface area contributed by atoms with E-state index in [0.717, 1.165) is 11.3 Å². The van der Waals surface area contributed by atoms with Gasteiger partial charge in [-0.2, -0.15) is 0 Å². The standard InChI is InChI=1S/C32H32N4O4S/c1-34(22-23-7-4-3-5-8-23)32(39)27-21-25(33-30(37)29-9-6-20-41-29)12-15-28(27)35-16-18-36(19-17-35)31(38)24-10-13-26(40-2)14-11-24/h3-15,20-21H,16-19,22H2,1-2H3,(H,33,37). The summed E-state index contributed by atoms with van der Waals surface area (Å²) >= 11 is 1.36. The van der Waals surface area contributed by atoms with E-state index in [2.05, 4.69) is 10.2 Å². The highest BCUT2D eigenvalue weighted by Crippen LogP contribution is 2.28. The Bertz CT molecular complexity index is 1500. The van der Waals surface area contributed by atoms with Gasteiger partial charge >= 0.3 is 0 Å². The van der Waals surface area contributed by atoms with E-state index in [9.17, 15) is 14.4 Å². The smallest absolute Gasteiger partial charge is 0.265 e. The third kappa shape index (κ3) is 6.58. The van der Waals surface area contributed by atoms with Gasteiger partial charge in [-0.1, -0.05) is 36.4 Å². The molecule has 5 rings (SSSR count). The van der Waals surface area contributed by atoms with Crippen molar-refractivity contribution in [2.75, 3.05) is 50.6 Å². The molecule has 4 aromatic rings. The van der Waals surface area contributed by atoms with Crippen LogP contribution in [0.4, 0.5) is 11.4 Å². The van der Waals surface area contributed by atoms with Crippen molar-refractivity contribution in [3.05, 3.63) is 112 Å². The second-order valence-electron chi connectivity index (χ2n) is 9.82. The molecule has 41 heavy (non-hydrogen) atoms. The van der Waals surface area contributed by atoms with Gasteiger partial charge in [0.15, 0.2) is 0 Å². The minimum Gasteiger partial charge on any atom is -0.497 e. The van der Waals surface area contributed by atoms with Crippen LogP contribution in [-0.4, -0.2) is 67.9 Å². The van der Waals surface area contributed by atoms with Gasteiger partial charge in [-0.25, -0.2) is 0 Å². The molecule has 0 radical (unpaired) electrons. The number of hydrogen-bond acceptors (Lipinski definition) is 6. The number of carbonyl (C=O) groups is 3. The van der Waals surface area contributed by atoms with Crippen LogP contribution in [0.2, 0.25) is 0 Å². The lowest BCUT2D eigenvalue weighted by atomic mass is 10.1. The third-order valence-electron chi connectivity index (χ3n) is 7.08. The van der Waals surface area contributed by atoms with Crippen molar-refractivity contribution in [3.63, 3.8) is 0 Å². The van der Waals surface area contributed by atoms with Crippen LogP contribution < -0.4 is 15.0 Å². The van der Waals surface area contributed by atoms with E-state index in [1.807, 2.05) is 58.8 Å². The molecule has 0 unspecified atom stereocenters. The van der Waals surface area contributed by atoms with Crippen molar-refractivity contribution in [2.45, 2.75) is 6.54 Å². The quantitative estimate of drug-likeness (QED) is 0.314. The zero-order chi connectivity index (χ0) is 28.8. The topological polar surface area (TPSA) is 82.2 Å². The molecule has 210 valence electrons. The Morgan fingerprint density at radius 3 is 2.29 bits per heavy atom. The average molecular weight is 569 g/mol. The number of thiophene rings is 1. The fourth-order valence-electron chi connectivity index (χ4n) is 4.86. The Balaban J connectivity index is 1.35. The first-order valence-corrected chi connectivity index (χ1v) is 14.3. The predicted octanol–water partition coefficient (Wildman–Crippen LogP) is 5.24. The van der Waals surface area contributed by atoms with Crippen LogP contribution in [0, 0.1) is 0 Å². The van der Waals surface area contributed by atoms with Crippen molar-refractivity contribution < 1.29 is 19.1 Å². The van der Waals surface area contributed by atoms with Crippen LogP contribution in [-0.2, 0) is 6.54 Å². The number of rotatable bonds is 8. The molecule has 0 aliphatic carbocycles. The van der Waals surface area contributed by atoms with Crippen LogP contribution in [0.1, 0.15) is 36.0 Å². The normalized spacial score (nSPS) is 13.0. The minimum atomic E-state index is -0.213. The second-order valence-corrected chi connectivity index (χ2v) is 10.8. The molecule has 3 amide bonds. The van der Waals surface area contributed by atoms with Gasteiger partial charge < -0.3 is 24.8 Å². The summed E-state index contributed by atoms with van der Waals surface area (Å²) < 4.78 is 5.20. The SMILES string of the molecule is COc1ccc(C(=O)N2CCN(c3ccc(NC(=O)c4cccs4)cc3C(=O)N(C)Cc3ccccc3)CC2)cc1. The molecule has 0 atom stereocenters. The number of methoxy groups -OCH3 is 1. The Labute approximate surface area is 243 Å². The van der Waals surface area contributed by atoms with Gasteiger partial charge in [0.25, 0.3) is 17.7 Å². The van der Waals surface area contributed by atoms with E-state index >= 15 is 0 Å². The molecule has 1 fully saturated rings. The van der Waals surface area contributed by atoms with Gasteiger partial charge in [0.2, 0.25) is 0 Å². The third-order valence-corrected chi connectivity index (χ3v) is 7.95. The van der Waals surface area contributed by atoms with E-state index in [4.69, 9.17) is 4.74 Å². The maximum atomic E-state index is 13.8. The summed E-state index contributed by atoms with van der Waals surface area (Å²) in [5.74, 6) is 0.316. The molecule has 1 aliphatic rings. The molecular weight excluding hydrogens is 536 g/mol. The van der Waals surface area contributed by atoms with Crippen LogP contribution in [0.25, 0.3) is 0 Å².